The number of amides is 1. The first kappa shape index (κ1) is 23.7. The summed E-state index contributed by atoms with van der Waals surface area (Å²) in [5, 5.41) is 6.74. The molecule has 0 spiro atoms. The lowest BCUT2D eigenvalue weighted by Crippen LogP contribution is -2.18. The SMILES string of the molecule is O=C(/C=C/CBr)Nc1cc2c(Nc3ccc(Cl)c(Cl)c3F)ncnc2cc1O[C@H]1CCOC1. The van der Waals surface area contributed by atoms with E-state index in [1.54, 1.807) is 18.2 Å². The first-order valence-corrected chi connectivity index (χ1v) is 11.8. The number of halogens is 4. The van der Waals surface area contributed by atoms with Gasteiger partial charge in [-0.1, -0.05) is 45.2 Å². The Hall–Kier alpha value is -2.46. The fourth-order valence-electron chi connectivity index (χ4n) is 3.24. The molecule has 4 rings (SSSR count). The lowest BCUT2D eigenvalue weighted by atomic mass is 10.1. The van der Waals surface area contributed by atoms with Gasteiger partial charge in [-0.25, -0.2) is 14.4 Å². The van der Waals surface area contributed by atoms with Gasteiger partial charge in [-0.05, 0) is 18.2 Å². The molecule has 1 aliphatic heterocycles. The first-order chi connectivity index (χ1) is 16.0. The zero-order valence-corrected chi connectivity index (χ0v) is 20.2. The number of alkyl halides is 1. The van der Waals surface area contributed by atoms with Crippen molar-refractivity contribution in [2.24, 2.45) is 0 Å². The first-order valence-electron chi connectivity index (χ1n) is 9.93. The summed E-state index contributed by atoms with van der Waals surface area (Å²) in [5.74, 6) is -0.266. The molecule has 0 bridgehead atoms. The van der Waals surface area contributed by atoms with Crippen LogP contribution in [0.4, 0.5) is 21.6 Å². The largest absolute Gasteiger partial charge is 0.486 e. The maximum Gasteiger partial charge on any atom is 0.248 e. The van der Waals surface area contributed by atoms with Crippen molar-refractivity contribution in [1.29, 1.82) is 0 Å². The van der Waals surface area contributed by atoms with Gasteiger partial charge >= 0.3 is 0 Å². The Kier molecular flexibility index (Phi) is 7.64. The summed E-state index contributed by atoms with van der Waals surface area (Å²) in [6.45, 7) is 1.07. The van der Waals surface area contributed by atoms with E-state index < -0.39 is 5.82 Å². The van der Waals surface area contributed by atoms with Gasteiger partial charge in [0.25, 0.3) is 0 Å². The van der Waals surface area contributed by atoms with Gasteiger partial charge in [0.1, 0.15) is 24.0 Å². The number of fused-ring (bicyclic) bond motifs is 1. The Morgan fingerprint density at radius 2 is 2.15 bits per heavy atom. The quantitative estimate of drug-likeness (QED) is 0.215. The summed E-state index contributed by atoms with van der Waals surface area (Å²) in [6, 6.07) is 6.33. The highest BCUT2D eigenvalue weighted by Crippen LogP contribution is 2.36. The number of carbonyl (C=O) groups excluding carboxylic acids is 1. The summed E-state index contributed by atoms with van der Waals surface area (Å²) in [6.07, 6.45) is 5.03. The summed E-state index contributed by atoms with van der Waals surface area (Å²) in [5.41, 5.74) is 1.06. The smallest absolute Gasteiger partial charge is 0.248 e. The molecule has 1 aliphatic rings. The lowest BCUT2D eigenvalue weighted by molar-refractivity contribution is -0.111. The lowest BCUT2D eigenvalue weighted by Gasteiger charge is -2.18. The molecule has 2 aromatic carbocycles. The van der Waals surface area contributed by atoms with Crippen LogP contribution in [-0.4, -0.2) is 40.5 Å². The van der Waals surface area contributed by atoms with Crippen LogP contribution in [0.3, 0.4) is 0 Å². The summed E-state index contributed by atoms with van der Waals surface area (Å²) >= 11 is 15.1. The van der Waals surface area contributed by atoms with Gasteiger partial charge in [-0.2, -0.15) is 0 Å². The number of allylic oxidation sites excluding steroid dienone is 1. The highest BCUT2D eigenvalue weighted by Gasteiger charge is 2.21. The zero-order chi connectivity index (χ0) is 23.4. The fourth-order valence-corrected chi connectivity index (χ4v) is 3.74. The molecule has 11 heteroatoms. The summed E-state index contributed by atoms with van der Waals surface area (Å²) < 4.78 is 26.1. The van der Waals surface area contributed by atoms with Gasteiger partial charge < -0.3 is 20.1 Å². The van der Waals surface area contributed by atoms with E-state index in [2.05, 4.69) is 36.5 Å². The minimum Gasteiger partial charge on any atom is -0.486 e. The van der Waals surface area contributed by atoms with Crippen molar-refractivity contribution in [2.45, 2.75) is 12.5 Å². The monoisotopic (exact) mass is 554 g/mol. The van der Waals surface area contributed by atoms with E-state index in [0.29, 0.717) is 46.7 Å². The molecule has 1 amide bonds. The van der Waals surface area contributed by atoms with Crippen molar-refractivity contribution < 1.29 is 18.7 Å². The number of nitrogens with zero attached hydrogens (tertiary/aromatic N) is 2. The molecule has 1 atom stereocenters. The number of aromatic nitrogens is 2. The van der Waals surface area contributed by atoms with E-state index >= 15 is 0 Å². The molecule has 3 aromatic rings. The average molecular weight is 556 g/mol. The molecule has 1 fully saturated rings. The number of hydrogen-bond donors (Lipinski definition) is 2. The summed E-state index contributed by atoms with van der Waals surface area (Å²) in [4.78, 5) is 20.9. The number of hydrogen-bond acceptors (Lipinski definition) is 6. The van der Waals surface area contributed by atoms with Gasteiger partial charge in [0, 0.05) is 29.3 Å². The molecule has 7 nitrogen and oxygen atoms in total. The molecular weight excluding hydrogens is 538 g/mol. The standard InChI is InChI=1S/C22H18BrCl2FN4O3/c23-6-1-2-19(31)29-17-8-13-16(9-18(17)33-12-5-7-32-10-12)27-11-28-22(13)30-15-4-3-14(24)20(25)21(15)26/h1-4,8-9,11-12H,5-7,10H2,(H,29,31)(H,27,28,30)/b2-1+/t12-/m0/s1. The Bertz CT molecular complexity index is 1220. The molecule has 1 aromatic heterocycles. The zero-order valence-electron chi connectivity index (χ0n) is 17.1. The van der Waals surface area contributed by atoms with Gasteiger partial charge in [0.2, 0.25) is 5.91 Å². The van der Waals surface area contributed by atoms with Crippen LogP contribution in [0.5, 0.6) is 5.75 Å². The summed E-state index contributed by atoms with van der Waals surface area (Å²) in [7, 11) is 0. The molecule has 33 heavy (non-hydrogen) atoms. The fraction of sp³-hybridized carbons (Fsp3) is 0.227. The number of benzene rings is 2. The van der Waals surface area contributed by atoms with Crippen LogP contribution >= 0.6 is 39.1 Å². The molecular formula is C22H18BrCl2FN4O3. The highest BCUT2D eigenvalue weighted by atomic mass is 79.9. The highest BCUT2D eigenvalue weighted by molar-refractivity contribution is 9.09. The van der Waals surface area contributed by atoms with Crippen LogP contribution in [0.1, 0.15) is 6.42 Å². The van der Waals surface area contributed by atoms with Crippen molar-refractivity contribution in [3.8, 4) is 5.75 Å². The number of ether oxygens (including phenoxy) is 2. The van der Waals surface area contributed by atoms with Crippen LogP contribution in [0.25, 0.3) is 10.9 Å². The van der Waals surface area contributed by atoms with Crippen molar-refractivity contribution in [1.82, 2.24) is 9.97 Å². The molecule has 2 heterocycles. The van der Waals surface area contributed by atoms with E-state index in [1.807, 2.05) is 0 Å². The predicted molar refractivity (Wildman–Crippen MR) is 131 cm³/mol. The predicted octanol–water partition coefficient (Wildman–Crippen LogP) is 5.88. The third-order valence-electron chi connectivity index (χ3n) is 4.82. The molecule has 0 saturated carbocycles. The number of anilines is 3. The van der Waals surface area contributed by atoms with E-state index in [4.69, 9.17) is 32.7 Å². The third-order valence-corrected chi connectivity index (χ3v) is 5.98. The maximum absolute atomic E-state index is 14.6. The van der Waals surface area contributed by atoms with Gasteiger partial charge in [0.05, 0.1) is 40.2 Å². The van der Waals surface area contributed by atoms with Crippen molar-refractivity contribution in [3.63, 3.8) is 0 Å². The molecule has 0 unspecified atom stereocenters. The second-order valence-corrected chi connectivity index (χ2v) is 8.52. The van der Waals surface area contributed by atoms with Crippen molar-refractivity contribution in [3.05, 3.63) is 58.6 Å². The Morgan fingerprint density at radius 3 is 2.91 bits per heavy atom. The molecule has 172 valence electrons. The second-order valence-electron chi connectivity index (χ2n) is 7.09. The van der Waals surface area contributed by atoms with Crippen LogP contribution in [0, 0.1) is 5.82 Å². The van der Waals surface area contributed by atoms with E-state index in [-0.39, 0.29) is 27.7 Å². The van der Waals surface area contributed by atoms with Gasteiger partial charge in [-0.3, -0.25) is 4.79 Å². The van der Waals surface area contributed by atoms with Crippen LogP contribution in [-0.2, 0) is 9.53 Å². The maximum atomic E-state index is 14.6. The van der Waals surface area contributed by atoms with Crippen LogP contribution in [0.15, 0.2) is 42.7 Å². The van der Waals surface area contributed by atoms with E-state index in [0.717, 1.165) is 6.42 Å². The third kappa shape index (κ3) is 5.55. The Labute approximate surface area is 207 Å². The Morgan fingerprint density at radius 1 is 1.30 bits per heavy atom. The number of carbonyl (C=O) groups is 1. The van der Waals surface area contributed by atoms with Crippen LogP contribution in [0.2, 0.25) is 10.0 Å². The van der Waals surface area contributed by atoms with Gasteiger partial charge in [0.15, 0.2) is 5.82 Å². The van der Waals surface area contributed by atoms with E-state index in [9.17, 15) is 9.18 Å². The van der Waals surface area contributed by atoms with Gasteiger partial charge in [-0.15, -0.1) is 0 Å². The molecule has 0 aliphatic carbocycles. The minimum absolute atomic E-state index is 0.0960. The normalized spacial score (nSPS) is 15.8. The molecule has 2 N–H and O–H groups in total. The molecule has 1 saturated heterocycles. The van der Waals surface area contributed by atoms with Crippen molar-refractivity contribution in [2.75, 3.05) is 29.2 Å². The number of nitrogens with one attached hydrogen (secondary N) is 2. The van der Waals surface area contributed by atoms with Crippen molar-refractivity contribution >= 4 is 73.1 Å². The second kappa shape index (κ2) is 10.6. The topological polar surface area (TPSA) is 85.4 Å². The average Bonchev–Trinajstić information content (AvgIpc) is 3.32. The number of rotatable bonds is 7. The van der Waals surface area contributed by atoms with E-state index in [1.165, 1.54) is 24.5 Å². The minimum atomic E-state index is -0.703. The Balaban J connectivity index is 1.74. The molecule has 0 radical (unpaired) electrons. The van der Waals surface area contributed by atoms with Crippen LogP contribution < -0.4 is 15.4 Å².